The average Bonchev–Trinajstić information content (AvgIpc) is 3.28. The Hall–Kier alpha value is -1.15. The predicted octanol–water partition coefficient (Wildman–Crippen LogP) is 0.826. The van der Waals surface area contributed by atoms with Crippen LogP contribution in [0.5, 0.6) is 0 Å². The number of amides is 1. The van der Waals surface area contributed by atoms with Crippen LogP contribution in [0, 0.1) is 5.92 Å². The van der Waals surface area contributed by atoms with Gasteiger partial charge in [0, 0.05) is 32.2 Å². The van der Waals surface area contributed by atoms with Gasteiger partial charge in [-0.15, -0.1) is 12.4 Å². The first-order valence-electron chi connectivity index (χ1n) is 6.88. The van der Waals surface area contributed by atoms with Gasteiger partial charge in [0.2, 0.25) is 10.0 Å². The van der Waals surface area contributed by atoms with E-state index >= 15 is 0 Å². The lowest BCUT2D eigenvalue weighted by Crippen LogP contribution is -2.38. The number of halogens is 1. The fraction of sp³-hybridized carbons (Fsp3) is 0.500. The summed E-state index contributed by atoms with van der Waals surface area (Å²) in [6, 6.07) is 5.86. The minimum atomic E-state index is -3.64. The maximum Gasteiger partial charge on any atom is 0.253 e. The molecule has 1 aromatic rings. The molecule has 0 aliphatic heterocycles. The lowest BCUT2D eigenvalue weighted by atomic mass is 10.2. The molecule has 3 N–H and O–H groups in total. The smallest absolute Gasteiger partial charge is 0.253 e. The zero-order chi connectivity index (χ0) is 15.6. The van der Waals surface area contributed by atoms with Crippen LogP contribution >= 0.6 is 12.4 Å². The number of nitrogens with zero attached hydrogens (tertiary/aromatic N) is 1. The van der Waals surface area contributed by atoms with Crippen LogP contribution in [0.2, 0.25) is 0 Å². The number of hydrogen-bond donors (Lipinski definition) is 2. The fourth-order valence-corrected chi connectivity index (χ4v) is 3.15. The minimum absolute atomic E-state index is 0. The maximum absolute atomic E-state index is 12.2. The molecule has 1 aliphatic carbocycles. The Morgan fingerprint density at radius 1 is 1.41 bits per heavy atom. The molecule has 0 spiro atoms. The summed E-state index contributed by atoms with van der Waals surface area (Å²) in [7, 11) is -0.401. The zero-order valence-electron chi connectivity index (χ0n) is 12.7. The largest absolute Gasteiger partial charge is 0.345 e. The highest BCUT2D eigenvalue weighted by Crippen LogP contribution is 2.31. The SMILES string of the molecule is CN(C)C(=O)c1cccc(S(=O)(=O)NCC(N)C2CC2)c1.Cl. The molecule has 8 heteroatoms. The third-order valence-corrected chi connectivity index (χ3v) is 4.96. The van der Waals surface area contributed by atoms with Crippen molar-refractivity contribution in [2.75, 3.05) is 20.6 Å². The summed E-state index contributed by atoms with van der Waals surface area (Å²) in [5.41, 5.74) is 6.24. The van der Waals surface area contributed by atoms with E-state index < -0.39 is 10.0 Å². The summed E-state index contributed by atoms with van der Waals surface area (Å²) in [6.07, 6.45) is 2.13. The van der Waals surface area contributed by atoms with Gasteiger partial charge < -0.3 is 10.6 Å². The number of nitrogens with one attached hydrogen (secondary N) is 1. The Morgan fingerprint density at radius 2 is 2.05 bits per heavy atom. The number of sulfonamides is 1. The number of rotatable bonds is 6. The molecule has 124 valence electrons. The number of carbonyl (C=O) groups is 1. The van der Waals surface area contributed by atoms with Crippen LogP contribution in [0.25, 0.3) is 0 Å². The number of carbonyl (C=O) groups excluding carboxylic acids is 1. The molecule has 1 amide bonds. The second kappa shape index (κ2) is 7.41. The fourth-order valence-electron chi connectivity index (χ4n) is 2.03. The molecule has 2 rings (SSSR count). The van der Waals surface area contributed by atoms with Crippen molar-refractivity contribution in [3.05, 3.63) is 29.8 Å². The molecule has 22 heavy (non-hydrogen) atoms. The number of benzene rings is 1. The van der Waals surface area contributed by atoms with Crippen LogP contribution in [-0.2, 0) is 10.0 Å². The number of hydrogen-bond acceptors (Lipinski definition) is 4. The van der Waals surface area contributed by atoms with Gasteiger partial charge in [0.05, 0.1) is 4.90 Å². The van der Waals surface area contributed by atoms with Crippen LogP contribution in [-0.4, -0.2) is 45.9 Å². The standard InChI is InChI=1S/C14H21N3O3S.ClH/c1-17(2)14(18)11-4-3-5-12(8-11)21(19,20)16-9-13(15)10-6-7-10;/h3-5,8,10,13,16H,6-7,9,15H2,1-2H3;1H. The normalized spacial score (nSPS) is 15.8. The van der Waals surface area contributed by atoms with E-state index in [0.29, 0.717) is 11.5 Å². The van der Waals surface area contributed by atoms with Gasteiger partial charge in [-0.05, 0) is 37.0 Å². The van der Waals surface area contributed by atoms with Gasteiger partial charge in [-0.1, -0.05) is 6.07 Å². The van der Waals surface area contributed by atoms with Crippen molar-refractivity contribution < 1.29 is 13.2 Å². The number of nitrogens with two attached hydrogens (primary N) is 1. The van der Waals surface area contributed by atoms with Gasteiger partial charge in [0.15, 0.2) is 0 Å². The van der Waals surface area contributed by atoms with E-state index in [1.54, 1.807) is 26.2 Å². The molecule has 1 aromatic carbocycles. The third-order valence-electron chi connectivity index (χ3n) is 3.53. The van der Waals surface area contributed by atoms with Crippen molar-refractivity contribution >= 4 is 28.3 Å². The topological polar surface area (TPSA) is 92.5 Å². The van der Waals surface area contributed by atoms with Crippen molar-refractivity contribution in [1.29, 1.82) is 0 Å². The summed E-state index contributed by atoms with van der Waals surface area (Å²) in [5, 5.41) is 0. The third kappa shape index (κ3) is 4.67. The first-order valence-corrected chi connectivity index (χ1v) is 8.36. The molecule has 1 aliphatic rings. The lowest BCUT2D eigenvalue weighted by molar-refractivity contribution is 0.0827. The molecule has 6 nitrogen and oxygen atoms in total. The first kappa shape index (κ1) is 18.9. The highest BCUT2D eigenvalue weighted by molar-refractivity contribution is 7.89. The van der Waals surface area contributed by atoms with Crippen LogP contribution in [0.4, 0.5) is 0 Å². The zero-order valence-corrected chi connectivity index (χ0v) is 14.3. The summed E-state index contributed by atoms with van der Waals surface area (Å²) in [4.78, 5) is 13.4. The maximum atomic E-state index is 12.2. The monoisotopic (exact) mass is 347 g/mol. The van der Waals surface area contributed by atoms with E-state index in [0.717, 1.165) is 12.8 Å². The van der Waals surface area contributed by atoms with Gasteiger partial charge in [-0.2, -0.15) is 0 Å². The van der Waals surface area contributed by atoms with Crippen LogP contribution in [0.15, 0.2) is 29.2 Å². The van der Waals surface area contributed by atoms with E-state index in [4.69, 9.17) is 5.73 Å². The first-order chi connectivity index (χ1) is 9.81. The van der Waals surface area contributed by atoms with E-state index in [-0.39, 0.29) is 35.8 Å². The van der Waals surface area contributed by atoms with Crippen molar-refractivity contribution in [2.45, 2.75) is 23.8 Å². The Morgan fingerprint density at radius 3 is 2.59 bits per heavy atom. The molecule has 0 radical (unpaired) electrons. The highest BCUT2D eigenvalue weighted by Gasteiger charge is 2.29. The van der Waals surface area contributed by atoms with Crippen molar-refractivity contribution in [3.8, 4) is 0 Å². The van der Waals surface area contributed by atoms with E-state index in [9.17, 15) is 13.2 Å². The van der Waals surface area contributed by atoms with Gasteiger partial charge in [-0.3, -0.25) is 4.79 Å². The molecule has 1 saturated carbocycles. The molecule has 1 unspecified atom stereocenters. The summed E-state index contributed by atoms with van der Waals surface area (Å²) >= 11 is 0. The molecule has 0 heterocycles. The highest BCUT2D eigenvalue weighted by atomic mass is 35.5. The molecule has 1 atom stereocenters. The average molecular weight is 348 g/mol. The predicted molar refractivity (Wildman–Crippen MR) is 87.6 cm³/mol. The summed E-state index contributed by atoms with van der Waals surface area (Å²) in [5.74, 6) is 0.191. The molecule has 0 aromatic heterocycles. The Bertz CT molecular complexity index is 630. The van der Waals surface area contributed by atoms with Crippen LogP contribution < -0.4 is 10.5 Å². The van der Waals surface area contributed by atoms with Gasteiger partial charge in [0.25, 0.3) is 5.91 Å². The Labute approximate surface area is 137 Å². The van der Waals surface area contributed by atoms with Gasteiger partial charge in [-0.25, -0.2) is 13.1 Å². The molecule has 1 fully saturated rings. The van der Waals surface area contributed by atoms with Crippen LogP contribution in [0.3, 0.4) is 0 Å². The minimum Gasteiger partial charge on any atom is -0.345 e. The van der Waals surface area contributed by atoms with E-state index in [1.165, 1.54) is 17.0 Å². The van der Waals surface area contributed by atoms with Crippen molar-refractivity contribution in [2.24, 2.45) is 11.7 Å². The quantitative estimate of drug-likeness (QED) is 0.797. The summed E-state index contributed by atoms with van der Waals surface area (Å²) < 4.78 is 27.0. The van der Waals surface area contributed by atoms with E-state index in [2.05, 4.69) is 4.72 Å². The van der Waals surface area contributed by atoms with Gasteiger partial charge >= 0.3 is 0 Å². The second-order valence-electron chi connectivity index (χ2n) is 5.58. The molecular formula is C14H22ClN3O3S. The summed E-state index contributed by atoms with van der Waals surface area (Å²) in [6.45, 7) is 0.221. The molecule has 0 bridgehead atoms. The Balaban J connectivity index is 0.00000242. The van der Waals surface area contributed by atoms with E-state index in [1.807, 2.05) is 0 Å². The second-order valence-corrected chi connectivity index (χ2v) is 7.35. The molecule has 0 saturated heterocycles. The van der Waals surface area contributed by atoms with Crippen molar-refractivity contribution in [3.63, 3.8) is 0 Å². The van der Waals surface area contributed by atoms with Crippen molar-refractivity contribution in [1.82, 2.24) is 9.62 Å². The molecular weight excluding hydrogens is 326 g/mol. The lowest BCUT2D eigenvalue weighted by Gasteiger charge is -2.14. The Kier molecular flexibility index (Phi) is 6.37. The van der Waals surface area contributed by atoms with Crippen LogP contribution in [0.1, 0.15) is 23.2 Å². The van der Waals surface area contributed by atoms with Gasteiger partial charge in [0.1, 0.15) is 0 Å².